The number of hydrogen-bond donors (Lipinski definition) is 1. The molecule has 0 saturated heterocycles. The number of hydrogen-bond acceptors (Lipinski definition) is 6. The Morgan fingerprint density at radius 2 is 1.85 bits per heavy atom. The monoisotopic (exact) mass is 560 g/mol. The van der Waals surface area contributed by atoms with Gasteiger partial charge >= 0.3 is 0 Å². The molecule has 2 aromatic carbocycles. The van der Waals surface area contributed by atoms with Crippen LogP contribution < -0.4 is 15.0 Å². The molecule has 0 fully saturated rings. The van der Waals surface area contributed by atoms with Crippen LogP contribution in [0.15, 0.2) is 71.4 Å². The zero-order valence-corrected chi connectivity index (χ0v) is 24.1. The highest BCUT2D eigenvalue weighted by molar-refractivity contribution is 8.00. The summed E-state index contributed by atoms with van der Waals surface area (Å²) in [5, 5.41) is 12.2. The molecule has 0 bridgehead atoms. The summed E-state index contributed by atoms with van der Waals surface area (Å²) in [6, 6.07) is 19.7. The number of nitrogens with one attached hydrogen (secondary N) is 1. The lowest BCUT2D eigenvalue weighted by molar-refractivity contribution is -0.123. The third-order valence-electron chi connectivity index (χ3n) is 6.99. The van der Waals surface area contributed by atoms with Crippen molar-refractivity contribution < 1.29 is 14.3 Å². The highest BCUT2D eigenvalue weighted by Gasteiger charge is 2.38. The van der Waals surface area contributed by atoms with Crippen LogP contribution in [0, 0.1) is 5.92 Å². The maximum atomic E-state index is 13.7. The summed E-state index contributed by atoms with van der Waals surface area (Å²) in [4.78, 5) is 28.6. The number of thioether (sulfide) groups is 1. The van der Waals surface area contributed by atoms with E-state index in [0.717, 1.165) is 33.8 Å². The quantitative estimate of drug-likeness (QED) is 0.289. The van der Waals surface area contributed by atoms with E-state index < -0.39 is 0 Å². The maximum Gasteiger partial charge on any atom is 0.240 e. The van der Waals surface area contributed by atoms with Crippen LogP contribution in [0.1, 0.15) is 37.1 Å². The second-order valence-corrected chi connectivity index (χ2v) is 11.8. The first-order chi connectivity index (χ1) is 18.9. The number of nitrogens with zero attached hydrogens (tertiary/aromatic N) is 3. The summed E-state index contributed by atoms with van der Waals surface area (Å²) in [5.41, 5.74) is 4.56. The predicted molar refractivity (Wildman–Crippen MR) is 159 cm³/mol. The van der Waals surface area contributed by atoms with Gasteiger partial charge in [0.15, 0.2) is 0 Å². The summed E-state index contributed by atoms with van der Waals surface area (Å²) >= 11 is 3.20. The molecule has 39 heavy (non-hydrogen) atoms. The van der Waals surface area contributed by atoms with Crippen LogP contribution in [0.25, 0.3) is 16.9 Å². The number of ether oxygens (including phenoxy) is 1. The zero-order chi connectivity index (χ0) is 27.5. The number of carbonyl (C=O) groups excluding carboxylic acids is 2. The largest absolute Gasteiger partial charge is 0.497 e. The van der Waals surface area contributed by atoms with Crippen LogP contribution in [0.3, 0.4) is 0 Å². The molecule has 9 heteroatoms. The first-order valence-corrected chi connectivity index (χ1v) is 14.9. The molecule has 7 nitrogen and oxygen atoms in total. The molecule has 2 amide bonds. The standard InChI is InChI=1S/C30H32N4O3S2/c1-19(2)20(3)31-25(35)16-33-26(36)18-39-29(22-14-15-38-17-22)27-28(21-8-6-5-7-9-21)32-34(30(27)33)23-10-12-24(37-4)13-11-23/h5-15,17,19-20,29H,16,18H2,1-4H3,(H,31,35). The van der Waals surface area contributed by atoms with Crippen LogP contribution in [0.4, 0.5) is 5.82 Å². The lowest BCUT2D eigenvalue weighted by atomic mass is 10.0. The van der Waals surface area contributed by atoms with E-state index in [1.165, 1.54) is 0 Å². The topological polar surface area (TPSA) is 76.5 Å². The number of benzene rings is 2. The highest BCUT2D eigenvalue weighted by atomic mass is 32.2. The predicted octanol–water partition coefficient (Wildman–Crippen LogP) is 5.94. The Morgan fingerprint density at radius 3 is 2.49 bits per heavy atom. The smallest absolute Gasteiger partial charge is 0.240 e. The van der Waals surface area contributed by atoms with Gasteiger partial charge < -0.3 is 10.1 Å². The number of anilines is 1. The van der Waals surface area contributed by atoms with E-state index in [1.807, 2.05) is 61.5 Å². The fraction of sp³-hybridized carbons (Fsp3) is 0.300. The van der Waals surface area contributed by atoms with Crippen LogP contribution >= 0.6 is 23.1 Å². The summed E-state index contributed by atoms with van der Waals surface area (Å²) in [7, 11) is 1.63. The number of fused-ring (bicyclic) bond motifs is 1. The summed E-state index contributed by atoms with van der Waals surface area (Å²) in [6.07, 6.45) is 0. The van der Waals surface area contributed by atoms with Crippen molar-refractivity contribution in [3.8, 4) is 22.7 Å². The van der Waals surface area contributed by atoms with Crippen LogP contribution in [0.5, 0.6) is 5.75 Å². The zero-order valence-electron chi connectivity index (χ0n) is 22.5. The molecule has 0 spiro atoms. The van der Waals surface area contributed by atoms with E-state index in [0.29, 0.717) is 5.82 Å². The lowest BCUT2D eigenvalue weighted by Crippen LogP contribution is -2.46. The Hall–Kier alpha value is -3.56. The molecule has 2 aromatic heterocycles. The minimum atomic E-state index is -0.196. The Morgan fingerprint density at radius 1 is 1.10 bits per heavy atom. The van der Waals surface area contributed by atoms with Gasteiger partial charge in [-0.3, -0.25) is 14.5 Å². The maximum absolute atomic E-state index is 13.7. The number of amides is 2. The average molecular weight is 561 g/mol. The van der Waals surface area contributed by atoms with E-state index in [1.54, 1.807) is 39.8 Å². The molecule has 0 saturated carbocycles. The second kappa shape index (κ2) is 11.7. The van der Waals surface area contributed by atoms with Crippen molar-refractivity contribution in [3.05, 3.63) is 82.6 Å². The fourth-order valence-electron chi connectivity index (χ4n) is 4.53. The van der Waals surface area contributed by atoms with Crippen molar-refractivity contribution in [3.63, 3.8) is 0 Å². The first kappa shape index (κ1) is 27.0. The summed E-state index contributed by atoms with van der Waals surface area (Å²) in [5.74, 6) is 1.55. The SMILES string of the molecule is COc1ccc(-n2nc(-c3ccccc3)c3c2N(CC(=O)NC(C)C(C)C)C(=O)CSC3c2ccsc2)cc1. The normalized spacial score (nSPS) is 16.1. The third-order valence-corrected chi connectivity index (χ3v) is 8.95. The molecule has 4 aromatic rings. The van der Waals surface area contributed by atoms with Gasteiger partial charge in [-0.2, -0.15) is 16.4 Å². The van der Waals surface area contributed by atoms with Gasteiger partial charge in [-0.25, -0.2) is 4.68 Å². The number of rotatable bonds is 8. The minimum Gasteiger partial charge on any atom is -0.497 e. The van der Waals surface area contributed by atoms with Gasteiger partial charge in [0.25, 0.3) is 0 Å². The number of aromatic nitrogens is 2. The molecule has 5 rings (SSSR count). The van der Waals surface area contributed by atoms with Gasteiger partial charge in [-0.1, -0.05) is 44.2 Å². The summed E-state index contributed by atoms with van der Waals surface area (Å²) < 4.78 is 7.18. The van der Waals surface area contributed by atoms with E-state index in [4.69, 9.17) is 9.84 Å². The van der Waals surface area contributed by atoms with E-state index >= 15 is 0 Å². The molecule has 0 aliphatic carbocycles. The van der Waals surface area contributed by atoms with E-state index in [9.17, 15) is 9.59 Å². The highest BCUT2D eigenvalue weighted by Crippen LogP contribution is 2.48. The molecule has 1 N–H and O–H groups in total. The Labute approximate surface area is 237 Å². The molecule has 3 heterocycles. The number of thiophene rings is 1. The van der Waals surface area contributed by atoms with Gasteiger partial charge in [0.05, 0.1) is 29.5 Å². The third kappa shape index (κ3) is 5.60. The van der Waals surface area contributed by atoms with Crippen LogP contribution in [-0.2, 0) is 9.59 Å². The van der Waals surface area contributed by atoms with Crippen molar-refractivity contribution in [1.29, 1.82) is 0 Å². The Bertz CT molecular complexity index is 1430. The van der Waals surface area contributed by atoms with Gasteiger partial charge in [0.1, 0.15) is 18.1 Å². The Kier molecular flexibility index (Phi) is 8.09. The first-order valence-electron chi connectivity index (χ1n) is 12.9. The lowest BCUT2D eigenvalue weighted by Gasteiger charge is -2.25. The molecule has 202 valence electrons. The van der Waals surface area contributed by atoms with Gasteiger partial charge in [0.2, 0.25) is 11.8 Å². The molecule has 1 aliphatic rings. The van der Waals surface area contributed by atoms with Crippen LogP contribution in [-0.4, -0.2) is 47.0 Å². The van der Waals surface area contributed by atoms with Crippen molar-refractivity contribution in [2.75, 3.05) is 24.3 Å². The van der Waals surface area contributed by atoms with Gasteiger partial charge in [-0.05, 0) is 59.5 Å². The van der Waals surface area contributed by atoms with Gasteiger partial charge in [0, 0.05) is 17.2 Å². The summed E-state index contributed by atoms with van der Waals surface area (Å²) in [6.45, 7) is 6.02. The molecule has 2 unspecified atom stereocenters. The molecule has 1 aliphatic heterocycles. The fourth-order valence-corrected chi connectivity index (χ4v) is 6.49. The number of methoxy groups -OCH3 is 1. The molecular formula is C30H32N4O3S2. The van der Waals surface area contributed by atoms with Crippen molar-refractivity contribution >= 4 is 40.7 Å². The Balaban J connectivity index is 1.73. The van der Waals surface area contributed by atoms with Gasteiger partial charge in [-0.15, -0.1) is 11.8 Å². The van der Waals surface area contributed by atoms with E-state index in [-0.39, 0.29) is 41.3 Å². The number of carbonyl (C=O) groups is 2. The molecular weight excluding hydrogens is 528 g/mol. The van der Waals surface area contributed by atoms with E-state index in [2.05, 4.69) is 36.0 Å². The minimum absolute atomic E-state index is 0.0154. The second-order valence-electron chi connectivity index (χ2n) is 9.89. The molecule has 2 atom stereocenters. The molecule has 0 radical (unpaired) electrons. The van der Waals surface area contributed by atoms with Crippen molar-refractivity contribution in [1.82, 2.24) is 15.1 Å². The van der Waals surface area contributed by atoms with Crippen molar-refractivity contribution in [2.45, 2.75) is 32.1 Å². The van der Waals surface area contributed by atoms with Crippen LogP contribution in [0.2, 0.25) is 0 Å². The average Bonchev–Trinajstić information content (AvgIpc) is 3.59. The van der Waals surface area contributed by atoms with Crippen molar-refractivity contribution in [2.24, 2.45) is 5.92 Å².